The number of carbonyl (C=O) groups excluding carboxylic acids is 1. The van der Waals surface area contributed by atoms with Gasteiger partial charge in [0.1, 0.15) is 5.70 Å². The van der Waals surface area contributed by atoms with Crippen LogP contribution in [0.5, 0.6) is 0 Å². The van der Waals surface area contributed by atoms with E-state index < -0.39 is 70.4 Å². The number of aromatic nitrogens is 3. The summed E-state index contributed by atoms with van der Waals surface area (Å²) in [5.74, 6) is 1.59. The Hall–Kier alpha value is -5.26. The second-order valence-corrected chi connectivity index (χ2v) is 10.4. The number of allylic oxidation sites excluding steroid dienone is 2. The topological polar surface area (TPSA) is 168 Å². The zero-order valence-corrected chi connectivity index (χ0v) is 24.5. The largest absolute Gasteiger partial charge is 0.432 e. The van der Waals surface area contributed by atoms with Gasteiger partial charge in [-0.2, -0.15) is 22.0 Å². The van der Waals surface area contributed by atoms with E-state index in [9.17, 15) is 35.9 Å². The number of nitrogens with zero attached hydrogens (tertiary/aromatic N) is 4. The molecule has 1 aromatic carbocycles. The van der Waals surface area contributed by atoms with Crippen molar-refractivity contribution in [3.05, 3.63) is 93.7 Å². The number of hydrogen-bond donors (Lipinski definition) is 5. The van der Waals surface area contributed by atoms with Gasteiger partial charge in [0.15, 0.2) is 11.6 Å². The lowest BCUT2D eigenvalue weighted by Crippen LogP contribution is -2.33. The van der Waals surface area contributed by atoms with Crippen LogP contribution in [0.2, 0.25) is 0 Å². The Bertz CT molecular complexity index is 1790. The number of pyridine rings is 1. The summed E-state index contributed by atoms with van der Waals surface area (Å²) in [4.78, 5) is 34.7. The Morgan fingerprint density at radius 1 is 1.17 bits per heavy atom. The number of hydrogen-bond acceptors (Lipinski definition) is 9. The molecular formula is C29H28F7N9O2. The average Bonchev–Trinajstić information content (AvgIpc) is 3.01. The molecule has 47 heavy (non-hydrogen) atoms. The summed E-state index contributed by atoms with van der Waals surface area (Å²) in [7, 11) is 0. The van der Waals surface area contributed by atoms with E-state index in [2.05, 4.69) is 15.3 Å². The van der Waals surface area contributed by atoms with E-state index in [0.29, 0.717) is 23.7 Å². The zero-order chi connectivity index (χ0) is 34.6. The Balaban J connectivity index is 1.85. The molecular weight excluding hydrogens is 639 g/mol. The van der Waals surface area contributed by atoms with Crippen molar-refractivity contribution < 1.29 is 35.5 Å². The molecule has 0 spiro atoms. The standard InChI is InChI=1S/C29H28F7N9O2/c1-14-3-2-4-20(17-9-15(7-8-40-17)26(43-28(32)33)19(11-37)42-27(14)47)44-13-41-18(10-23(44)46)24-21(6-5-16(30)25(24)31)45(39)12-22(38)29(34,35)36/h5-14,20,28,37,43H,2-4,38-39H2,1H3,(H,42,47)/b22-12-,26-19+,37-11?. The number of nitrogens with two attached hydrogens (primary N) is 2. The van der Waals surface area contributed by atoms with Crippen LogP contribution in [-0.2, 0) is 4.79 Å². The number of alkyl halides is 5. The molecule has 1 aliphatic heterocycles. The van der Waals surface area contributed by atoms with Gasteiger partial charge in [-0.15, -0.1) is 0 Å². The first-order chi connectivity index (χ1) is 22.1. The van der Waals surface area contributed by atoms with Crippen LogP contribution in [0.4, 0.5) is 36.4 Å². The lowest BCUT2D eigenvalue weighted by atomic mass is 9.96. The monoisotopic (exact) mass is 667 g/mol. The number of benzene rings is 1. The Kier molecular flexibility index (Phi) is 10.3. The summed E-state index contributed by atoms with van der Waals surface area (Å²) in [5.41, 5.74) is 0.651. The summed E-state index contributed by atoms with van der Waals surface area (Å²) in [6.07, 6.45) is -0.940. The number of halogens is 7. The minimum Gasteiger partial charge on any atom is -0.393 e. The lowest BCUT2D eigenvalue weighted by molar-refractivity contribution is -0.123. The van der Waals surface area contributed by atoms with E-state index in [4.69, 9.17) is 17.0 Å². The third-order valence-corrected chi connectivity index (χ3v) is 7.28. The SMILES string of the molecule is CC1CCCC(n2cnc(-c3c(N(N)/C=C(\N)C(F)(F)F)ccc(F)c3F)cc2=O)c2cc(ccn2)/C(NC(F)F)=C(/C=N)NC1=O. The molecule has 18 heteroatoms. The van der Waals surface area contributed by atoms with Gasteiger partial charge < -0.3 is 21.8 Å². The van der Waals surface area contributed by atoms with Crippen LogP contribution in [0.3, 0.4) is 0 Å². The van der Waals surface area contributed by atoms with Crippen molar-refractivity contribution in [2.75, 3.05) is 5.01 Å². The van der Waals surface area contributed by atoms with Crippen LogP contribution in [0.25, 0.3) is 17.0 Å². The van der Waals surface area contributed by atoms with E-state index in [1.165, 1.54) is 18.3 Å². The maximum absolute atomic E-state index is 15.1. The van der Waals surface area contributed by atoms with Crippen LogP contribution in [-0.4, -0.2) is 39.4 Å². The number of anilines is 1. The summed E-state index contributed by atoms with van der Waals surface area (Å²) in [5, 5.41) is 12.5. The van der Waals surface area contributed by atoms with Crippen molar-refractivity contribution >= 4 is 23.5 Å². The Morgan fingerprint density at radius 3 is 2.53 bits per heavy atom. The molecule has 2 aromatic heterocycles. The molecule has 0 saturated carbocycles. The van der Waals surface area contributed by atoms with E-state index >= 15 is 4.39 Å². The van der Waals surface area contributed by atoms with Gasteiger partial charge in [0, 0.05) is 36.2 Å². The first-order valence-corrected chi connectivity index (χ1v) is 13.8. The minimum atomic E-state index is -4.98. The zero-order valence-electron chi connectivity index (χ0n) is 24.5. The van der Waals surface area contributed by atoms with Crippen molar-refractivity contribution in [2.24, 2.45) is 17.5 Å². The summed E-state index contributed by atoms with van der Waals surface area (Å²) in [6.45, 7) is -1.48. The van der Waals surface area contributed by atoms with Crippen LogP contribution >= 0.6 is 0 Å². The highest BCUT2D eigenvalue weighted by Gasteiger charge is 2.32. The molecule has 2 bridgehead atoms. The van der Waals surface area contributed by atoms with Crippen molar-refractivity contribution in [2.45, 2.75) is 45.0 Å². The third kappa shape index (κ3) is 7.76. The molecule has 0 saturated heterocycles. The Labute approximate surface area is 262 Å². The number of amides is 1. The smallest absolute Gasteiger partial charge is 0.393 e. The molecule has 1 amide bonds. The molecule has 2 atom stereocenters. The van der Waals surface area contributed by atoms with Gasteiger partial charge in [0.25, 0.3) is 5.56 Å². The summed E-state index contributed by atoms with van der Waals surface area (Å²) in [6, 6.07) is 4.14. The van der Waals surface area contributed by atoms with E-state index in [1.54, 1.807) is 6.92 Å². The molecule has 7 N–H and O–H groups in total. The van der Waals surface area contributed by atoms with Crippen LogP contribution in [0, 0.1) is 23.0 Å². The summed E-state index contributed by atoms with van der Waals surface area (Å²) >= 11 is 0. The maximum Gasteiger partial charge on any atom is 0.432 e. The first kappa shape index (κ1) is 34.6. The van der Waals surface area contributed by atoms with Gasteiger partial charge in [-0.05, 0) is 37.1 Å². The van der Waals surface area contributed by atoms with Gasteiger partial charge in [-0.3, -0.25) is 24.1 Å². The predicted octanol–water partition coefficient (Wildman–Crippen LogP) is 4.28. The predicted molar refractivity (Wildman–Crippen MR) is 157 cm³/mol. The number of carbonyl (C=O) groups is 1. The highest BCUT2D eigenvalue weighted by Crippen LogP contribution is 2.34. The van der Waals surface area contributed by atoms with E-state index in [-0.39, 0.29) is 41.7 Å². The minimum absolute atomic E-state index is 0.102. The average molecular weight is 668 g/mol. The lowest BCUT2D eigenvalue weighted by Gasteiger charge is -2.24. The van der Waals surface area contributed by atoms with Crippen molar-refractivity contribution in [3.63, 3.8) is 0 Å². The van der Waals surface area contributed by atoms with Crippen LogP contribution in [0.1, 0.15) is 43.5 Å². The number of rotatable bonds is 7. The highest BCUT2D eigenvalue weighted by atomic mass is 19.4. The number of fused-ring (bicyclic) bond motifs is 2. The van der Waals surface area contributed by atoms with Gasteiger partial charge in [-0.25, -0.2) is 19.6 Å². The fourth-order valence-corrected chi connectivity index (χ4v) is 4.89. The normalized spacial score (nSPS) is 19.4. The summed E-state index contributed by atoms with van der Waals surface area (Å²) < 4.78 is 96.6. The van der Waals surface area contributed by atoms with E-state index in [1.807, 2.05) is 5.32 Å². The second kappa shape index (κ2) is 14.0. The van der Waals surface area contributed by atoms with Gasteiger partial charge in [-0.1, -0.05) is 13.3 Å². The third-order valence-electron chi connectivity index (χ3n) is 7.28. The van der Waals surface area contributed by atoms with Gasteiger partial charge in [0.2, 0.25) is 5.91 Å². The van der Waals surface area contributed by atoms with E-state index in [0.717, 1.165) is 23.0 Å². The molecule has 2 unspecified atom stereocenters. The fourth-order valence-electron chi connectivity index (χ4n) is 4.89. The van der Waals surface area contributed by atoms with Gasteiger partial charge >= 0.3 is 12.7 Å². The van der Waals surface area contributed by atoms with Crippen molar-refractivity contribution in [1.29, 1.82) is 5.41 Å². The molecule has 0 aliphatic carbocycles. The molecule has 11 nitrogen and oxygen atoms in total. The first-order valence-electron chi connectivity index (χ1n) is 13.8. The quantitative estimate of drug-likeness (QED) is 0.0818. The molecule has 250 valence electrons. The number of hydrazine groups is 1. The van der Waals surface area contributed by atoms with Crippen LogP contribution in [0.15, 0.2) is 65.2 Å². The molecule has 0 radical (unpaired) electrons. The molecule has 3 heterocycles. The second-order valence-electron chi connectivity index (χ2n) is 10.4. The Morgan fingerprint density at radius 2 is 1.89 bits per heavy atom. The highest BCUT2D eigenvalue weighted by molar-refractivity contribution is 5.95. The molecule has 4 rings (SSSR count). The fraction of sp³-hybridized carbons (Fsp3) is 0.276. The van der Waals surface area contributed by atoms with Gasteiger partial charge in [0.05, 0.1) is 46.4 Å². The van der Waals surface area contributed by atoms with Crippen molar-refractivity contribution in [3.8, 4) is 11.3 Å². The van der Waals surface area contributed by atoms with Crippen LogP contribution < -0.4 is 32.8 Å². The number of nitrogens with one attached hydrogen (secondary N) is 3. The molecule has 3 aromatic rings. The molecule has 0 fully saturated rings. The van der Waals surface area contributed by atoms with Crippen molar-refractivity contribution in [1.82, 2.24) is 25.2 Å². The maximum atomic E-state index is 15.1. The molecule has 1 aliphatic rings.